The summed E-state index contributed by atoms with van der Waals surface area (Å²) in [4.78, 5) is 16.6. The molecule has 1 atom stereocenters. The first-order valence-electron chi connectivity index (χ1n) is 10.7. The van der Waals surface area contributed by atoms with Crippen LogP contribution in [-0.2, 0) is 21.2 Å². The summed E-state index contributed by atoms with van der Waals surface area (Å²) in [7, 11) is -3.95. The van der Waals surface area contributed by atoms with E-state index in [-0.39, 0.29) is 18.1 Å². The number of hydrogen-bond acceptors (Lipinski definition) is 5. The number of aromatic nitrogens is 1. The molecule has 174 valence electrons. The van der Waals surface area contributed by atoms with Crippen LogP contribution >= 0.6 is 0 Å². The van der Waals surface area contributed by atoms with E-state index in [1.165, 1.54) is 6.07 Å². The van der Waals surface area contributed by atoms with Crippen LogP contribution in [0.15, 0.2) is 77.8 Å². The molecule has 8 nitrogen and oxygen atoms in total. The Bertz CT molecular complexity index is 1480. The lowest BCUT2D eigenvalue weighted by molar-refractivity contribution is -0.117. The average molecular weight is 478 g/mol. The molecule has 1 aliphatic heterocycles. The molecule has 2 heterocycles. The van der Waals surface area contributed by atoms with Crippen molar-refractivity contribution < 1.29 is 22.7 Å². The summed E-state index contributed by atoms with van der Waals surface area (Å²) < 4.78 is 39.6. The number of H-pyrrole nitrogens is 1. The smallest absolute Gasteiger partial charge is 0.242 e. The molecule has 0 bridgehead atoms. The largest absolute Gasteiger partial charge is 0.454 e. The minimum atomic E-state index is -3.95. The van der Waals surface area contributed by atoms with Crippen LogP contribution in [0.4, 0.5) is 5.69 Å². The molecule has 0 aliphatic carbocycles. The molecule has 0 saturated carbocycles. The number of benzene rings is 3. The van der Waals surface area contributed by atoms with Crippen LogP contribution in [-0.4, -0.2) is 32.1 Å². The van der Waals surface area contributed by atoms with Crippen molar-refractivity contribution in [3.05, 3.63) is 84.1 Å². The Kier molecular flexibility index (Phi) is 5.72. The number of rotatable bonds is 7. The van der Waals surface area contributed by atoms with Gasteiger partial charge in [-0.3, -0.25) is 4.79 Å². The fraction of sp³-hybridized carbons (Fsp3) is 0.160. The van der Waals surface area contributed by atoms with E-state index >= 15 is 0 Å². The van der Waals surface area contributed by atoms with Gasteiger partial charge in [0.15, 0.2) is 11.5 Å². The Balaban J connectivity index is 1.45. The monoisotopic (exact) mass is 477 g/mol. The maximum atomic E-state index is 13.3. The third-order valence-corrected chi connectivity index (χ3v) is 7.12. The van der Waals surface area contributed by atoms with Gasteiger partial charge >= 0.3 is 0 Å². The summed E-state index contributed by atoms with van der Waals surface area (Å²) in [6.45, 7) is 1.93. The highest BCUT2D eigenvalue weighted by Crippen LogP contribution is 2.34. The highest BCUT2D eigenvalue weighted by Gasteiger charge is 2.27. The van der Waals surface area contributed by atoms with E-state index in [1.807, 2.05) is 37.3 Å². The summed E-state index contributed by atoms with van der Waals surface area (Å²) in [5, 5.41) is 3.73. The van der Waals surface area contributed by atoms with Crippen molar-refractivity contribution in [1.29, 1.82) is 0 Å². The molecule has 0 saturated heterocycles. The van der Waals surface area contributed by atoms with Crippen molar-refractivity contribution in [3.8, 4) is 11.5 Å². The fourth-order valence-corrected chi connectivity index (χ4v) is 5.25. The summed E-state index contributed by atoms with van der Waals surface area (Å²) in [6.07, 6.45) is 1.96. The number of aromatic amines is 1. The number of para-hydroxylation sites is 1. The van der Waals surface area contributed by atoms with E-state index in [0.717, 1.165) is 22.0 Å². The van der Waals surface area contributed by atoms with Crippen LogP contribution < -0.4 is 19.5 Å². The van der Waals surface area contributed by atoms with Crippen molar-refractivity contribution in [1.82, 2.24) is 9.71 Å². The molecule has 9 heteroatoms. The highest BCUT2D eigenvalue weighted by atomic mass is 32.2. The molecule has 1 aliphatic rings. The van der Waals surface area contributed by atoms with Gasteiger partial charge in [0.25, 0.3) is 0 Å². The number of fused-ring (bicyclic) bond motifs is 2. The van der Waals surface area contributed by atoms with E-state index in [2.05, 4.69) is 15.0 Å². The predicted molar refractivity (Wildman–Crippen MR) is 128 cm³/mol. The number of anilines is 1. The van der Waals surface area contributed by atoms with Crippen LogP contribution in [0.5, 0.6) is 11.5 Å². The van der Waals surface area contributed by atoms with Gasteiger partial charge in [-0.1, -0.05) is 30.3 Å². The SMILES string of the molecule is Cc1cccc(S(=O)(=O)NC(Cc2c[nH]c3ccccc23)C(=O)Nc2ccc3c(c2)OCO3)c1. The maximum Gasteiger partial charge on any atom is 0.242 e. The lowest BCUT2D eigenvalue weighted by Crippen LogP contribution is -2.45. The molecule has 1 aromatic heterocycles. The third kappa shape index (κ3) is 4.48. The Morgan fingerprint density at radius 1 is 1.03 bits per heavy atom. The summed E-state index contributed by atoms with van der Waals surface area (Å²) in [6, 6.07) is 18.2. The molecule has 3 N–H and O–H groups in total. The number of carbonyl (C=O) groups excluding carboxylic acids is 1. The minimum Gasteiger partial charge on any atom is -0.454 e. The zero-order chi connectivity index (χ0) is 23.7. The van der Waals surface area contributed by atoms with Crippen molar-refractivity contribution in [2.75, 3.05) is 12.1 Å². The molecule has 4 aromatic rings. The van der Waals surface area contributed by atoms with Gasteiger partial charge in [0.2, 0.25) is 22.7 Å². The number of amides is 1. The van der Waals surface area contributed by atoms with Gasteiger partial charge in [-0.05, 0) is 54.8 Å². The van der Waals surface area contributed by atoms with Gasteiger partial charge in [0.1, 0.15) is 6.04 Å². The van der Waals surface area contributed by atoms with Crippen molar-refractivity contribution in [3.63, 3.8) is 0 Å². The number of nitrogens with one attached hydrogen (secondary N) is 3. The zero-order valence-corrected chi connectivity index (χ0v) is 19.2. The van der Waals surface area contributed by atoms with Gasteiger partial charge in [0.05, 0.1) is 4.90 Å². The van der Waals surface area contributed by atoms with E-state index in [9.17, 15) is 13.2 Å². The second-order valence-corrected chi connectivity index (χ2v) is 9.83. The Hall–Kier alpha value is -3.82. The summed E-state index contributed by atoms with van der Waals surface area (Å²) in [5.74, 6) is 0.625. The van der Waals surface area contributed by atoms with Gasteiger partial charge in [-0.25, -0.2) is 8.42 Å². The van der Waals surface area contributed by atoms with E-state index < -0.39 is 22.0 Å². The Morgan fingerprint density at radius 2 is 1.85 bits per heavy atom. The Labute approximate surface area is 197 Å². The zero-order valence-electron chi connectivity index (χ0n) is 18.4. The molecule has 34 heavy (non-hydrogen) atoms. The average Bonchev–Trinajstić information content (AvgIpc) is 3.45. The molecule has 5 rings (SSSR count). The highest BCUT2D eigenvalue weighted by molar-refractivity contribution is 7.89. The van der Waals surface area contributed by atoms with Crippen molar-refractivity contribution in [2.24, 2.45) is 0 Å². The minimum absolute atomic E-state index is 0.104. The molecule has 0 radical (unpaired) electrons. The van der Waals surface area contributed by atoms with Gasteiger partial charge in [-0.2, -0.15) is 4.72 Å². The molecule has 1 unspecified atom stereocenters. The number of sulfonamides is 1. The topological polar surface area (TPSA) is 110 Å². The molecule has 0 spiro atoms. The normalized spacial score (nSPS) is 13.7. The molecule has 0 fully saturated rings. The number of ether oxygens (including phenoxy) is 2. The third-order valence-electron chi connectivity index (χ3n) is 5.65. The van der Waals surface area contributed by atoms with Crippen LogP contribution in [0.2, 0.25) is 0 Å². The molecule has 1 amide bonds. The maximum absolute atomic E-state index is 13.3. The van der Waals surface area contributed by atoms with Crippen LogP contribution in [0, 0.1) is 6.92 Å². The van der Waals surface area contributed by atoms with Gasteiger partial charge in [0, 0.05) is 28.9 Å². The van der Waals surface area contributed by atoms with E-state index in [4.69, 9.17) is 9.47 Å². The van der Waals surface area contributed by atoms with Crippen molar-refractivity contribution in [2.45, 2.75) is 24.3 Å². The Morgan fingerprint density at radius 3 is 2.71 bits per heavy atom. The van der Waals surface area contributed by atoms with Crippen LogP contribution in [0.25, 0.3) is 10.9 Å². The first kappa shape index (κ1) is 22.0. The standard InChI is InChI=1S/C25H23N3O5S/c1-16-5-4-6-19(11-16)34(30,31)28-22(12-17-14-26-21-8-3-2-7-20(17)21)25(29)27-18-9-10-23-24(13-18)33-15-32-23/h2-11,13-14,22,26,28H,12,15H2,1H3,(H,27,29). The summed E-state index contributed by atoms with van der Waals surface area (Å²) in [5.41, 5.74) is 3.02. The van der Waals surface area contributed by atoms with Crippen molar-refractivity contribution >= 4 is 32.5 Å². The molecular formula is C25H23N3O5S. The molecule has 3 aromatic carbocycles. The number of aryl methyl sites for hydroxylation is 1. The fourth-order valence-electron chi connectivity index (χ4n) is 3.95. The number of hydrogen-bond donors (Lipinski definition) is 3. The summed E-state index contributed by atoms with van der Waals surface area (Å²) >= 11 is 0. The predicted octanol–water partition coefficient (Wildman–Crippen LogP) is 3.73. The molecular weight excluding hydrogens is 454 g/mol. The number of carbonyl (C=O) groups is 1. The lowest BCUT2D eigenvalue weighted by Gasteiger charge is -2.19. The second-order valence-electron chi connectivity index (χ2n) is 8.11. The first-order valence-corrected chi connectivity index (χ1v) is 12.2. The first-order chi connectivity index (χ1) is 16.4. The second kappa shape index (κ2) is 8.85. The van der Waals surface area contributed by atoms with E-state index in [1.54, 1.807) is 36.5 Å². The van der Waals surface area contributed by atoms with E-state index in [0.29, 0.717) is 17.2 Å². The van der Waals surface area contributed by atoms with Gasteiger partial charge < -0.3 is 19.8 Å². The van der Waals surface area contributed by atoms with Gasteiger partial charge in [-0.15, -0.1) is 0 Å². The quantitative estimate of drug-likeness (QED) is 0.376. The lowest BCUT2D eigenvalue weighted by atomic mass is 10.0. The van der Waals surface area contributed by atoms with Crippen LogP contribution in [0.1, 0.15) is 11.1 Å². The van der Waals surface area contributed by atoms with Crippen LogP contribution in [0.3, 0.4) is 0 Å².